The smallest absolute Gasteiger partial charge is 0.203 e. The Kier molecular flexibility index (Phi) is 4.98. The lowest BCUT2D eigenvalue weighted by molar-refractivity contribution is 0.535. The lowest BCUT2D eigenvalue weighted by Gasteiger charge is -2.19. The molecule has 1 atom stereocenters. The van der Waals surface area contributed by atoms with Crippen LogP contribution in [0.3, 0.4) is 0 Å². The maximum atomic E-state index is 4.65. The molecule has 0 radical (unpaired) electrons. The lowest BCUT2D eigenvalue weighted by atomic mass is 10.2. The number of nitrogens with one attached hydrogen (secondary N) is 1. The minimum Gasteiger partial charge on any atom is -0.353 e. The van der Waals surface area contributed by atoms with Crippen LogP contribution in [-0.4, -0.2) is 27.6 Å². The number of anilines is 1. The van der Waals surface area contributed by atoms with Gasteiger partial charge >= 0.3 is 0 Å². The van der Waals surface area contributed by atoms with Crippen molar-refractivity contribution in [3.63, 3.8) is 0 Å². The Morgan fingerprint density at radius 3 is 2.89 bits per heavy atom. The Labute approximate surface area is 115 Å². The van der Waals surface area contributed by atoms with Crippen molar-refractivity contribution in [3.8, 4) is 0 Å². The average molecular weight is 267 g/mol. The maximum Gasteiger partial charge on any atom is 0.203 e. The summed E-state index contributed by atoms with van der Waals surface area (Å²) in [4.78, 5) is 4.65. The number of hydrogen-bond donors (Lipinski definition) is 1. The van der Waals surface area contributed by atoms with Gasteiger partial charge in [0.1, 0.15) is 0 Å². The molecule has 1 aliphatic rings. The second-order valence-corrected chi connectivity index (χ2v) is 6.35. The van der Waals surface area contributed by atoms with Crippen molar-refractivity contribution in [1.29, 1.82) is 0 Å². The Bertz CT molecular complexity index is 369. The van der Waals surface area contributed by atoms with E-state index in [2.05, 4.69) is 41.2 Å². The lowest BCUT2D eigenvalue weighted by Crippen LogP contribution is -2.19. The molecular weight excluding hydrogens is 242 g/mol. The summed E-state index contributed by atoms with van der Waals surface area (Å²) in [5.74, 6) is 2.29. The van der Waals surface area contributed by atoms with Gasteiger partial charge in [-0.15, -0.1) is 0 Å². The summed E-state index contributed by atoms with van der Waals surface area (Å²) in [6, 6.07) is 1.17. The van der Waals surface area contributed by atoms with Crippen molar-refractivity contribution in [1.82, 2.24) is 9.55 Å². The molecule has 1 saturated carbocycles. The Morgan fingerprint density at radius 2 is 2.22 bits per heavy atom. The van der Waals surface area contributed by atoms with Gasteiger partial charge in [-0.1, -0.05) is 12.8 Å². The zero-order valence-corrected chi connectivity index (χ0v) is 12.6. The van der Waals surface area contributed by atoms with Gasteiger partial charge < -0.3 is 9.88 Å². The molecule has 3 nitrogen and oxygen atoms in total. The molecule has 4 heteroatoms. The first-order valence-electron chi connectivity index (χ1n) is 7.01. The van der Waals surface area contributed by atoms with Crippen LogP contribution in [0.2, 0.25) is 0 Å². The van der Waals surface area contributed by atoms with Gasteiger partial charge in [0.2, 0.25) is 5.95 Å². The highest BCUT2D eigenvalue weighted by molar-refractivity contribution is 7.98. The molecular formula is C14H25N3S. The minimum atomic E-state index is 0.530. The topological polar surface area (TPSA) is 29.9 Å². The fourth-order valence-electron chi connectivity index (χ4n) is 2.64. The van der Waals surface area contributed by atoms with Crippen molar-refractivity contribution >= 4 is 17.7 Å². The van der Waals surface area contributed by atoms with Crippen LogP contribution in [0, 0.1) is 6.92 Å². The van der Waals surface area contributed by atoms with E-state index in [0.29, 0.717) is 12.1 Å². The van der Waals surface area contributed by atoms with Crippen LogP contribution in [0.5, 0.6) is 0 Å². The zero-order valence-electron chi connectivity index (χ0n) is 11.8. The van der Waals surface area contributed by atoms with Crippen LogP contribution in [-0.2, 0) is 0 Å². The largest absolute Gasteiger partial charge is 0.353 e. The molecule has 2 rings (SSSR count). The average Bonchev–Trinajstić information content (AvgIpc) is 2.96. The molecule has 102 valence electrons. The second kappa shape index (κ2) is 6.50. The van der Waals surface area contributed by atoms with E-state index in [1.165, 1.54) is 37.9 Å². The standard InChI is InChI=1S/C14H25N3S/c1-11-10-17(12(2)8-9-18-3)14(15-11)16-13-6-4-5-7-13/h10,12-13H,4-9H2,1-3H3,(H,15,16). The predicted molar refractivity (Wildman–Crippen MR) is 80.6 cm³/mol. The van der Waals surface area contributed by atoms with E-state index < -0.39 is 0 Å². The van der Waals surface area contributed by atoms with Crippen molar-refractivity contribution in [2.45, 2.75) is 58.0 Å². The first kappa shape index (κ1) is 13.8. The highest BCUT2D eigenvalue weighted by Crippen LogP contribution is 2.25. The van der Waals surface area contributed by atoms with Gasteiger partial charge in [0.15, 0.2) is 0 Å². The summed E-state index contributed by atoms with van der Waals surface area (Å²) in [6.07, 6.45) is 10.9. The van der Waals surface area contributed by atoms with E-state index in [-0.39, 0.29) is 0 Å². The molecule has 1 fully saturated rings. The third kappa shape index (κ3) is 3.44. The molecule has 0 bridgehead atoms. The van der Waals surface area contributed by atoms with Crippen molar-refractivity contribution in [3.05, 3.63) is 11.9 Å². The van der Waals surface area contributed by atoms with Crippen LogP contribution in [0.15, 0.2) is 6.20 Å². The van der Waals surface area contributed by atoms with Gasteiger partial charge in [0.25, 0.3) is 0 Å². The van der Waals surface area contributed by atoms with E-state index in [1.807, 2.05) is 11.8 Å². The van der Waals surface area contributed by atoms with Gasteiger partial charge in [-0.2, -0.15) is 11.8 Å². The summed E-state index contributed by atoms with van der Waals surface area (Å²) in [5.41, 5.74) is 1.12. The van der Waals surface area contributed by atoms with Gasteiger partial charge in [0.05, 0.1) is 5.69 Å². The fourth-order valence-corrected chi connectivity index (χ4v) is 3.22. The van der Waals surface area contributed by atoms with E-state index >= 15 is 0 Å². The highest BCUT2D eigenvalue weighted by atomic mass is 32.2. The van der Waals surface area contributed by atoms with Gasteiger partial charge in [-0.05, 0) is 45.1 Å². The molecule has 1 N–H and O–H groups in total. The van der Waals surface area contributed by atoms with Crippen LogP contribution in [0.4, 0.5) is 5.95 Å². The highest BCUT2D eigenvalue weighted by Gasteiger charge is 2.18. The molecule has 18 heavy (non-hydrogen) atoms. The van der Waals surface area contributed by atoms with Gasteiger partial charge in [-0.3, -0.25) is 0 Å². The Hall–Kier alpha value is -0.640. The summed E-state index contributed by atoms with van der Waals surface area (Å²) in [5, 5.41) is 3.63. The Morgan fingerprint density at radius 1 is 1.50 bits per heavy atom. The number of thioether (sulfide) groups is 1. The van der Waals surface area contributed by atoms with Crippen molar-refractivity contribution in [2.75, 3.05) is 17.3 Å². The first-order valence-corrected chi connectivity index (χ1v) is 8.41. The third-order valence-electron chi connectivity index (χ3n) is 3.76. The van der Waals surface area contributed by atoms with Gasteiger partial charge in [-0.25, -0.2) is 4.98 Å². The first-order chi connectivity index (χ1) is 8.70. The molecule has 0 amide bonds. The monoisotopic (exact) mass is 267 g/mol. The number of aromatic nitrogens is 2. The third-order valence-corrected chi connectivity index (χ3v) is 4.40. The van der Waals surface area contributed by atoms with E-state index in [0.717, 1.165) is 11.6 Å². The van der Waals surface area contributed by atoms with Crippen molar-refractivity contribution in [2.24, 2.45) is 0 Å². The number of aryl methyl sites for hydroxylation is 1. The molecule has 0 aliphatic heterocycles. The molecule has 1 heterocycles. The van der Waals surface area contributed by atoms with E-state index in [1.54, 1.807) is 0 Å². The molecule has 0 saturated heterocycles. The van der Waals surface area contributed by atoms with Crippen molar-refractivity contribution < 1.29 is 0 Å². The molecule has 1 aromatic heterocycles. The fraction of sp³-hybridized carbons (Fsp3) is 0.786. The second-order valence-electron chi connectivity index (χ2n) is 5.37. The zero-order chi connectivity index (χ0) is 13.0. The summed E-state index contributed by atoms with van der Waals surface area (Å²) >= 11 is 1.92. The van der Waals surface area contributed by atoms with Crippen LogP contribution >= 0.6 is 11.8 Å². The minimum absolute atomic E-state index is 0.530. The number of hydrogen-bond acceptors (Lipinski definition) is 3. The van der Waals surface area contributed by atoms with Crippen LogP contribution in [0.25, 0.3) is 0 Å². The number of nitrogens with zero attached hydrogens (tertiary/aromatic N) is 2. The molecule has 0 spiro atoms. The normalized spacial score (nSPS) is 18.2. The molecule has 1 unspecified atom stereocenters. The van der Waals surface area contributed by atoms with Gasteiger partial charge in [0, 0.05) is 18.3 Å². The van der Waals surface area contributed by atoms with Crippen LogP contribution in [0.1, 0.15) is 50.8 Å². The van der Waals surface area contributed by atoms with E-state index in [9.17, 15) is 0 Å². The quantitative estimate of drug-likeness (QED) is 0.849. The number of rotatable bonds is 6. The molecule has 0 aromatic carbocycles. The number of imidazole rings is 1. The summed E-state index contributed by atoms with van der Waals surface area (Å²) in [7, 11) is 0. The SMILES string of the molecule is CSCCC(C)n1cc(C)nc1NC1CCCC1. The summed E-state index contributed by atoms with van der Waals surface area (Å²) < 4.78 is 2.32. The molecule has 1 aromatic rings. The van der Waals surface area contributed by atoms with E-state index in [4.69, 9.17) is 0 Å². The maximum absolute atomic E-state index is 4.65. The predicted octanol–water partition coefficient (Wildman–Crippen LogP) is 3.86. The van der Waals surface area contributed by atoms with Crippen LogP contribution < -0.4 is 5.32 Å². The Balaban J connectivity index is 2.03. The summed E-state index contributed by atoms with van der Waals surface area (Å²) in [6.45, 7) is 4.37. The molecule has 1 aliphatic carbocycles.